The second-order valence-corrected chi connectivity index (χ2v) is 6.12. The molecule has 0 amide bonds. The number of halogens is 1. The van der Waals surface area contributed by atoms with Gasteiger partial charge in [0.05, 0.1) is 4.90 Å². The van der Waals surface area contributed by atoms with E-state index in [9.17, 15) is 12.8 Å². The first-order chi connectivity index (χ1) is 8.93. The molecule has 0 spiro atoms. The van der Waals surface area contributed by atoms with E-state index in [0.717, 1.165) is 10.4 Å². The first-order valence-electron chi connectivity index (χ1n) is 5.99. The zero-order valence-corrected chi connectivity index (χ0v) is 12.0. The van der Waals surface area contributed by atoms with Crippen molar-refractivity contribution in [1.29, 1.82) is 0 Å². The molecule has 6 heteroatoms. The summed E-state index contributed by atoms with van der Waals surface area (Å²) in [6.45, 7) is 6.69. The average molecular weight is 286 g/mol. The van der Waals surface area contributed by atoms with Crippen LogP contribution in [0, 0.1) is 5.82 Å². The lowest BCUT2D eigenvalue weighted by Gasteiger charge is -2.18. The van der Waals surface area contributed by atoms with Crippen molar-refractivity contribution < 1.29 is 12.8 Å². The Kier molecular flexibility index (Phi) is 5.65. The Bertz CT molecular complexity index is 544. The summed E-state index contributed by atoms with van der Waals surface area (Å²) in [5.41, 5.74) is 0.555. The van der Waals surface area contributed by atoms with Gasteiger partial charge >= 0.3 is 0 Å². The van der Waals surface area contributed by atoms with Gasteiger partial charge in [0, 0.05) is 20.1 Å². The lowest BCUT2D eigenvalue weighted by Crippen LogP contribution is -2.28. The molecule has 0 bridgehead atoms. The van der Waals surface area contributed by atoms with Gasteiger partial charge in [0.15, 0.2) is 0 Å². The SMILES string of the molecule is C=CCN(C)S(=O)(=O)c1cc(F)ccc1CNCC. The Morgan fingerprint density at radius 1 is 1.47 bits per heavy atom. The van der Waals surface area contributed by atoms with Gasteiger partial charge in [0.2, 0.25) is 10.0 Å². The minimum atomic E-state index is -3.70. The van der Waals surface area contributed by atoms with E-state index < -0.39 is 15.8 Å². The molecule has 4 nitrogen and oxygen atoms in total. The largest absolute Gasteiger partial charge is 0.313 e. The summed E-state index contributed by atoms with van der Waals surface area (Å²) in [6, 6.07) is 3.81. The summed E-state index contributed by atoms with van der Waals surface area (Å²) in [7, 11) is -2.26. The normalized spacial score (nSPS) is 11.8. The highest BCUT2D eigenvalue weighted by atomic mass is 32.2. The summed E-state index contributed by atoms with van der Waals surface area (Å²) in [5.74, 6) is -0.564. The van der Waals surface area contributed by atoms with Crippen LogP contribution in [0.5, 0.6) is 0 Å². The minimum Gasteiger partial charge on any atom is -0.313 e. The van der Waals surface area contributed by atoms with Crippen molar-refractivity contribution in [2.24, 2.45) is 0 Å². The van der Waals surface area contributed by atoms with Crippen molar-refractivity contribution >= 4 is 10.0 Å². The second-order valence-electron chi connectivity index (χ2n) is 4.11. The molecule has 0 aliphatic rings. The van der Waals surface area contributed by atoms with E-state index >= 15 is 0 Å². The third kappa shape index (κ3) is 3.86. The molecule has 1 aromatic rings. The molecule has 106 valence electrons. The highest BCUT2D eigenvalue weighted by molar-refractivity contribution is 7.89. The zero-order chi connectivity index (χ0) is 14.5. The standard InChI is InChI=1S/C13H19FN2O2S/c1-4-8-16(3)19(17,18)13-9-12(14)7-6-11(13)10-15-5-2/h4,6-7,9,15H,1,5,8,10H2,2-3H3. The maximum absolute atomic E-state index is 13.3. The van der Waals surface area contributed by atoms with Crippen LogP contribution in [-0.4, -0.2) is 32.9 Å². The lowest BCUT2D eigenvalue weighted by atomic mass is 10.2. The van der Waals surface area contributed by atoms with Crippen LogP contribution < -0.4 is 5.32 Å². The van der Waals surface area contributed by atoms with Gasteiger partial charge in [-0.3, -0.25) is 0 Å². The summed E-state index contributed by atoms with van der Waals surface area (Å²) < 4.78 is 39.2. The number of hydrogen-bond donors (Lipinski definition) is 1. The quantitative estimate of drug-likeness (QED) is 0.777. The minimum absolute atomic E-state index is 0.00204. The smallest absolute Gasteiger partial charge is 0.243 e. The topological polar surface area (TPSA) is 49.4 Å². The fraction of sp³-hybridized carbons (Fsp3) is 0.385. The lowest BCUT2D eigenvalue weighted by molar-refractivity contribution is 0.496. The molecular formula is C13H19FN2O2S. The molecular weight excluding hydrogens is 267 g/mol. The third-order valence-corrected chi connectivity index (χ3v) is 4.57. The molecule has 0 saturated heterocycles. The van der Waals surface area contributed by atoms with E-state index in [1.807, 2.05) is 6.92 Å². The van der Waals surface area contributed by atoms with E-state index in [-0.39, 0.29) is 11.4 Å². The summed E-state index contributed by atoms with van der Waals surface area (Å²) >= 11 is 0. The van der Waals surface area contributed by atoms with Gasteiger partial charge in [-0.05, 0) is 24.2 Å². The number of hydrogen-bond acceptors (Lipinski definition) is 3. The van der Waals surface area contributed by atoms with E-state index in [4.69, 9.17) is 0 Å². The molecule has 0 aliphatic heterocycles. The van der Waals surface area contributed by atoms with Gasteiger partial charge in [0.1, 0.15) is 5.82 Å². The maximum Gasteiger partial charge on any atom is 0.243 e. The molecule has 0 fully saturated rings. The number of nitrogens with one attached hydrogen (secondary N) is 1. The van der Waals surface area contributed by atoms with Crippen LogP contribution in [0.2, 0.25) is 0 Å². The number of benzene rings is 1. The van der Waals surface area contributed by atoms with Crippen molar-refractivity contribution in [3.8, 4) is 0 Å². The highest BCUT2D eigenvalue weighted by Gasteiger charge is 2.23. The third-order valence-electron chi connectivity index (χ3n) is 2.67. The van der Waals surface area contributed by atoms with Gasteiger partial charge in [-0.1, -0.05) is 19.1 Å². The number of rotatable bonds is 7. The Morgan fingerprint density at radius 2 is 2.16 bits per heavy atom. The van der Waals surface area contributed by atoms with Crippen molar-refractivity contribution in [2.75, 3.05) is 20.1 Å². The Hall–Kier alpha value is -1.24. The van der Waals surface area contributed by atoms with Crippen LogP contribution in [0.15, 0.2) is 35.7 Å². The summed E-state index contributed by atoms with van der Waals surface area (Å²) in [5, 5.41) is 3.04. The van der Waals surface area contributed by atoms with Gasteiger partial charge < -0.3 is 5.32 Å². The molecule has 1 rings (SSSR count). The van der Waals surface area contributed by atoms with Gasteiger partial charge in [0.25, 0.3) is 0 Å². The van der Waals surface area contributed by atoms with E-state index in [0.29, 0.717) is 18.7 Å². The fourth-order valence-electron chi connectivity index (χ4n) is 1.62. The predicted molar refractivity (Wildman–Crippen MR) is 73.8 cm³/mol. The molecule has 0 heterocycles. The number of sulfonamides is 1. The van der Waals surface area contributed by atoms with Gasteiger partial charge in [-0.25, -0.2) is 12.8 Å². The average Bonchev–Trinajstić information content (AvgIpc) is 2.37. The Labute approximate surface area is 114 Å². The molecule has 19 heavy (non-hydrogen) atoms. The first-order valence-corrected chi connectivity index (χ1v) is 7.43. The van der Waals surface area contributed by atoms with Crippen LogP contribution in [0.3, 0.4) is 0 Å². The second kappa shape index (κ2) is 6.79. The Morgan fingerprint density at radius 3 is 2.74 bits per heavy atom. The molecule has 0 unspecified atom stereocenters. The van der Waals surface area contributed by atoms with Crippen LogP contribution in [0.1, 0.15) is 12.5 Å². The maximum atomic E-state index is 13.3. The monoisotopic (exact) mass is 286 g/mol. The summed E-state index contributed by atoms with van der Waals surface area (Å²) in [6.07, 6.45) is 1.49. The van der Waals surface area contributed by atoms with Crippen molar-refractivity contribution in [2.45, 2.75) is 18.4 Å². The fourth-order valence-corrected chi connectivity index (χ4v) is 2.99. The molecule has 0 saturated carbocycles. The van der Waals surface area contributed by atoms with E-state index in [2.05, 4.69) is 11.9 Å². The molecule has 0 radical (unpaired) electrons. The Balaban J connectivity index is 3.22. The first kappa shape index (κ1) is 15.8. The van der Waals surface area contributed by atoms with Gasteiger partial charge in [-0.15, -0.1) is 6.58 Å². The van der Waals surface area contributed by atoms with Crippen LogP contribution >= 0.6 is 0 Å². The molecule has 1 N–H and O–H groups in total. The molecule has 0 aromatic heterocycles. The number of nitrogens with zero attached hydrogens (tertiary/aromatic N) is 1. The van der Waals surface area contributed by atoms with Crippen LogP contribution in [-0.2, 0) is 16.6 Å². The van der Waals surface area contributed by atoms with Crippen molar-refractivity contribution in [3.63, 3.8) is 0 Å². The van der Waals surface area contributed by atoms with Crippen LogP contribution in [0.25, 0.3) is 0 Å². The molecule has 1 aromatic carbocycles. The van der Waals surface area contributed by atoms with E-state index in [1.54, 1.807) is 0 Å². The highest BCUT2D eigenvalue weighted by Crippen LogP contribution is 2.20. The summed E-state index contributed by atoms with van der Waals surface area (Å²) in [4.78, 5) is -0.00204. The van der Waals surface area contributed by atoms with Crippen molar-refractivity contribution in [3.05, 3.63) is 42.2 Å². The van der Waals surface area contributed by atoms with E-state index in [1.165, 1.54) is 25.3 Å². The van der Waals surface area contributed by atoms with Crippen molar-refractivity contribution in [1.82, 2.24) is 9.62 Å². The predicted octanol–water partition coefficient (Wildman–Crippen LogP) is 1.74. The number of likely N-dealkylation sites (N-methyl/N-ethyl adjacent to an activating group) is 1. The molecule has 0 atom stereocenters. The van der Waals surface area contributed by atoms with Gasteiger partial charge in [-0.2, -0.15) is 4.31 Å². The zero-order valence-electron chi connectivity index (χ0n) is 11.2. The molecule has 0 aliphatic carbocycles. The van der Waals surface area contributed by atoms with Crippen LogP contribution in [0.4, 0.5) is 4.39 Å².